The third-order valence-corrected chi connectivity index (χ3v) is 5.05. The number of rotatable bonds is 4. The second-order valence-electron chi connectivity index (χ2n) is 6.77. The first-order valence-electron chi connectivity index (χ1n) is 8.89. The fraction of sp³-hybridized carbons (Fsp3) is 0.286. The van der Waals surface area contributed by atoms with E-state index in [9.17, 15) is 9.18 Å². The Hall–Kier alpha value is -2.70. The summed E-state index contributed by atoms with van der Waals surface area (Å²) in [7, 11) is 1.64. The molecule has 2 N–H and O–H groups in total. The zero-order valence-electron chi connectivity index (χ0n) is 15.2. The number of fused-ring (bicyclic) bond motifs is 3. The maximum atomic E-state index is 13.6. The van der Waals surface area contributed by atoms with E-state index in [1.54, 1.807) is 13.2 Å². The molecule has 0 radical (unpaired) electrons. The number of aromatic nitrogens is 1. The lowest BCUT2D eigenvalue weighted by molar-refractivity contribution is 0.0767. The summed E-state index contributed by atoms with van der Waals surface area (Å²) in [5.41, 5.74) is 2.53. The molecule has 0 spiro atoms. The molecule has 0 saturated heterocycles. The first kappa shape index (κ1) is 17.7. The van der Waals surface area contributed by atoms with Gasteiger partial charge in [0.15, 0.2) is 0 Å². The predicted octanol–water partition coefficient (Wildman–Crippen LogP) is 3.60. The Balaban J connectivity index is 1.71. The second-order valence-corrected chi connectivity index (χ2v) is 6.77. The molecule has 140 valence electrons. The van der Waals surface area contributed by atoms with E-state index in [0.717, 1.165) is 28.0 Å². The van der Waals surface area contributed by atoms with Crippen molar-refractivity contribution in [2.75, 3.05) is 13.7 Å². The minimum atomic E-state index is -0.420. The van der Waals surface area contributed by atoms with Gasteiger partial charge in [-0.25, -0.2) is 4.39 Å². The molecule has 0 fully saturated rings. The Morgan fingerprint density at radius 2 is 2.00 bits per heavy atom. The second kappa shape index (κ2) is 7.13. The standard InChI is InChI=1S/C21H21FN2O3/c1-12(13-3-6-15(26-2)7-4-13)23-18-10-27-11-19-20(18)16-8-5-14(22)9-17(16)21(25)24-19/h3-9,12,18,23H,10-11H2,1-2H3,(H,24,25)/t12-,18-/m1/s1. The van der Waals surface area contributed by atoms with E-state index in [-0.39, 0.29) is 17.6 Å². The number of methoxy groups -OCH3 is 1. The molecule has 0 bridgehead atoms. The topological polar surface area (TPSA) is 63.4 Å². The van der Waals surface area contributed by atoms with E-state index in [1.165, 1.54) is 12.1 Å². The van der Waals surface area contributed by atoms with E-state index in [0.29, 0.717) is 18.6 Å². The largest absolute Gasteiger partial charge is 0.497 e. The Bertz CT molecular complexity index is 1030. The maximum absolute atomic E-state index is 13.6. The van der Waals surface area contributed by atoms with E-state index in [1.807, 2.05) is 24.3 Å². The Morgan fingerprint density at radius 3 is 2.74 bits per heavy atom. The highest BCUT2D eigenvalue weighted by Crippen LogP contribution is 2.31. The van der Waals surface area contributed by atoms with Crippen LogP contribution in [0.15, 0.2) is 47.3 Å². The first-order valence-corrected chi connectivity index (χ1v) is 8.89. The zero-order valence-corrected chi connectivity index (χ0v) is 15.2. The van der Waals surface area contributed by atoms with Crippen LogP contribution in [0, 0.1) is 5.82 Å². The molecule has 1 aliphatic heterocycles. The van der Waals surface area contributed by atoms with Crippen LogP contribution in [-0.2, 0) is 11.3 Å². The van der Waals surface area contributed by atoms with Gasteiger partial charge in [-0.3, -0.25) is 4.79 Å². The summed E-state index contributed by atoms with van der Waals surface area (Å²) in [6.45, 7) is 2.89. The normalized spacial score (nSPS) is 17.5. The van der Waals surface area contributed by atoms with Gasteiger partial charge in [0.1, 0.15) is 11.6 Å². The van der Waals surface area contributed by atoms with Crippen molar-refractivity contribution in [2.45, 2.75) is 25.6 Å². The van der Waals surface area contributed by atoms with Gasteiger partial charge in [0.2, 0.25) is 0 Å². The van der Waals surface area contributed by atoms with Gasteiger partial charge in [0.25, 0.3) is 5.56 Å². The summed E-state index contributed by atoms with van der Waals surface area (Å²) in [5.74, 6) is 0.388. The van der Waals surface area contributed by atoms with Crippen molar-refractivity contribution in [1.82, 2.24) is 10.3 Å². The van der Waals surface area contributed by atoms with Crippen LogP contribution in [0.3, 0.4) is 0 Å². The molecule has 0 unspecified atom stereocenters. The highest BCUT2D eigenvalue weighted by molar-refractivity contribution is 5.86. The van der Waals surface area contributed by atoms with Crippen LogP contribution < -0.4 is 15.6 Å². The molecule has 0 aliphatic carbocycles. The number of ether oxygens (including phenoxy) is 2. The summed E-state index contributed by atoms with van der Waals surface area (Å²) >= 11 is 0. The van der Waals surface area contributed by atoms with Gasteiger partial charge in [-0.2, -0.15) is 0 Å². The van der Waals surface area contributed by atoms with Crippen molar-refractivity contribution >= 4 is 10.8 Å². The number of hydrogen-bond acceptors (Lipinski definition) is 4. The van der Waals surface area contributed by atoms with Gasteiger partial charge in [-0.05, 0) is 42.1 Å². The molecule has 2 atom stereocenters. The Morgan fingerprint density at radius 1 is 1.22 bits per heavy atom. The molecule has 1 aliphatic rings. The van der Waals surface area contributed by atoms with E-state index in [4.69, 9.17) is 9.47 Å². The quantitative estimate of drug-likeness (QED) is 0.739. The number of aromatic amines is 1. The highest BCUT2D eigenvalue weighted by atomic mass is 19.1. The number of H-pyrrole nitrogens is 1. The monoisotopic (exact) mass is 368 g/mol. The average Bonchev–Trinajstić information content (AvgIpc) is 2.68. The fourth-order valence-corrected chi connectivity index (χ4v) is 3.67. The molecular formula is C21H21FN2O3. The van der Waals surface area contributed by atoms with Gasteiger partial charge in [-0.15, -0.1) is 0 Å². The molecule has 2 heterocycles. The van der Waals surface area contributed by atoms with Crippen molar-refractivity contribution in [3.8, 4) is 5.75 Å². The molecule has 6 heteroatoms. The molecule has 4 rings (SSSR count). The number of pyridine rings is 1. The van der Waals surface area contributed by atoms with Crippen LogP contribution in [0.2, 0.25) is 0 Å². The molecule has 1 aromatic heterocycles. The van der Waals surface area contributed by atoms with E-state index < -0.39 is 5.82 Å². The third kappa shape index (κ3) is 3.34. The molecule has 5 nitrogen and oxygen atoms in total. The average molecular weight is 368 g/mol. The van der Waals surface area contributed by atoms with Crippen molar-refractivity contribution in [2.24, 2.45) is 0 Å². The molecular weight excluding hydrogens is 347 g/mol. The fourth-order valence-electron chi connectivity index (χ4n) is 3.67. The summed E-state index contributed by atoms with van der Waals surface area (Å²) in [4.78, 5) is 15.2. The van der Waals surface area contributed by atoms with Crippen LogP contribution in [0.25, 0.3) is 10.8 Å². The van der Waals surface area contributed by atoms with Gasteiger partial charge in [0.05, 0.1) is 31.8 Å². The smallest absolute Gasteiger partial charge is 0.256 e. The number of nitrogens with one attached hydrogen (secondary N) is 2. The minimum absolute atomic E-state index is 0.0536. The van der Waals surface area contributed by atoms with Gasteiger partial charge < -0.3 is 19.8 Å². The summed E-state index contributed by atoms with van der Waals surface area (Å²) in [6, 6.07) is 12.2. The SMILES string of the molecule is COc1ccc([C@@H](C)N[C@@H]2COCc3[nH]c(=O)c4cc(F)ccc4c32)cc1. The first-order chi connectivity index (χ1) is 13.1. The summed E-state index contributed by atoms with van der Waals surface area (Å²) in [6.07, 6.45) is 0. The highest BCUT2D eigenvalue weighted by Gasteiger charge is 2.26. The number of halogens is 1. The third-order valence-electron chi connectivity index (χ3n) is 5.05. The molecule has 27 heavy (non-hydrogen) atoms. The van der Waals surface area contributed by atoms with Crippen LogP contribution in [0.1, 0.15) is 35.8 Å². The van der Waals surface area contributed by atoms with Crippen molar-refractivity contribution < 1.29 is 13.9 Å². The van der Waals surface area contributed by atoms with Gasteiger partial charge in [-0.1, -0.05) is 18.2 Å². The maximum Gasteiger partial charge on any atom is 0.256 e. The summed E-state index contributed by atoms with van der Waals surface area (Å²) < 4.78 is 24.5. The predicted molar refractivity (Wildman–Crippen MR) is 101 cm³/mol. The van der Waals surface area contributed by atoms with Crippen LogP contribution in [0.4, 0.5) is 4.39 Å². The molecule has 3 aromatic rings. The van der Waals surface area contributed by atoms with Crippen molar-refractivity contribution in [3.63, 3.8) is 0 Å². The Labute approximate surface area is 156 Å². The lowest BCUT2D eigenvalue weighted by atomic mass is 9.95. The lowest BCUT2D eigenvalue weighted by Crippen LogP contribution is -2.33. The van der Waals surface area contributed by atoms with Crippen molar-refractivity contribution in [3.05, 3.63) is 75.5 Å². The lowest BCUT2D eigenvalue weighted by Gasteiger charge is -2.30. The molecule has 0 amide bonds. The van der Waals surface area contributed by atoms with Gasteiger partial charge >= 0.3 is 0 Å². The van der Waals surface area contributed by atoms with Crippen LogP contribution in [-0.4, -0.2) is 18.7 Å². The van der Waals surface area contributed by atoms with E-state index >= 15 is 0 Å². The zero-order chi connectivity index (χ0) is 19.0. The minimum Gasteiger partial charge on any atom is -0.497 e. The molecule has 0 saturated carbocycles. The number of hydrogen-bond donors (Lipinski definition) is 2. The van der Waals surface area contributed by atoms with Gasteiger partial charge in [0, 0.05) is 17.3 Å². The number of benzene rings is 2. The summed E-state index contributed by atoms with van der Waals surface area (Å²) in [5, 5.41) is 4.70. The van der Waals surface area contributed by atoms with E-state index in [2.05, 4.69) is 17.2 Å². The van der Waals surface area contributed by atoms with Crippen LogP contribution >= 0.6 is 0 Å². The van der Waals surface area contributed by atoms with Crippen molar-refractivity contribution in [1.29, 1.82) is 0 Å². The van der Waals surface area contributed by atoms with Crippen LogP contribution in [0.5, 0.6) is 5.75 Å². The molecule has 2 aromatic carbocycles. The Kier molecular flexibility index (Phi) is 4.68.